The summed E-state index contributed by atoms with van der Waals surface area (Å²) < 4.78 is 0. The first-order chi connectivity index (χ1) is 11.5. The number of para-hydroxylation sites is 1. The minimum atomic E-state index is -0.264. The van der Waals surface area contributed by atoms with Crippen molar-refractivity contribution in [1.82, 2.24) is 5.32 Å². The van der Waals surface area contributed by atoms with Gasteiger partial charge in [0, 0.05) is 24.6 Å². The Bertz CT molecular complexity index is 830. The van der Waals surface area contributed by atoms with Gasteiger partial charge in [0.15, 0.2) is 0 Å². The van der Waals surface area contributed by atoms with Crippen LogP contribution in [0.25, 0.3) is 0 Å². The molecule has 0 unspecified atom stereocenters. The number of benzene rings is 2. The number of amides is 2. The van der Waals surface area contributed by atoms with E-state index in [-0.39, 0.29) is 11.8 Å². The molecule has 4 nitrogen and oxygen atoms in total. The number of carbonyl (C=O) groups excluding carboxylic acids is 2. The molecule has 2 aromatic rings. The standard InChI is InChI=1S/C19H18N2O2S/c1-13-6-5-7-14(10-13)12-20-18(22)11-17-19(23)21(2)15-8-3-4-9-16(15)24-17/h3-11H,12H2,1-2H3,(H,20,22). The van der Waals surface area contributed by atoms with Crippen LogP contribution >= 0.6 is 11.8 Å². The summed E-state index contributed by atoms with van der Waals surface area (Å²) in [6.45, 7) is 2.45. The third kappa shape index (κ3) is 3.51. The van der Waals surface area contributed by atoms with Crippen LogP contribution in [0, 0.1) is 6.92 Å². The Morgan fingerprint density at radius 3 is 2.79 bits per heavy atom. The number of hydrogen-bond acceptors (Lipinski definition) is 3. The highest BCUT2D eigenvalue weighted by molar-refractivity contribution is 8.04. The van der Waals surface area contributed by atoms with Gasteiger partial charge in [-0.05, 0) is 24.6 Å². The molecule has 0 fully saturated rings. The minimum absolute atomic E-state index is 0.163. The first kappa shape index (κ1) is 16.3. The second kappa shape index (κ2) is 6.93. The summed E-state index contributed by atoms with van der Waals surface area (Å²) in [6.07, 6.45) is 1.38. The molecule has 0 aliphatic carbocycles. The van der Waals surface area contributed by atoms with E-state index in [9.17, 15) is 9.59 Å². The minimum Gasteiger partial charge on any atom is -0.348 e. The average molecular weight is 338 g/mol. The van der Waals surface area contributed by atoms with Gasteiger partial charge in [-0.25, -0.2) is 0 Å². The molecule has 3 rings (SSSR count). The van der Waals surface area contributed by atoms with Crippen molar-refractivity contribution >= 4 is 29.3 Å². The summed E-state index contributed by atoms with van der Waals surface area (Å²) in [7, 11) is 1.72. The highest BCUT2D eigenvalue weighted by Gasteiger charge is 2.26. The Hall–Kier alpha value is -2.53. The zero-order chi connectivity index (χ0) is 17.1. The molecule has 0 saturated heterocycles. The number of rotatable bonds is 3. The molecule has 1 N–H and O–H groups in total. The van der Waals surface area contributed by atoms with Crippen LogP contribution in [0.4, 0.5) is 5.69 Å². The zero-order valence-electron chi connectivity index (χ0n) is 13.6. The predicted molar refractivity (Wildman–Crippen MR) is 96.8 cm³/mol. The Morgan fingerprint density at radius 2 is 2.00 bits per heavy atom. The third-order valence-electron chi connectivity index (χ3n) is 3.77. The molecular formula is C19H18N2O2S. The molecule has 1 heterocycles. The normalized spacial score (nSPS) is 15.3. The van der Waals surface area contributed by atoms with Crippen molar-refractivity contribution in [3.8, 4) is 0 Å². The van der Waals surface area contributed by atoms with Crippen molar-refractivity contribution in [3.63, 3.8) is 0 Å². The molecule has 0 saturated carbocycles. The van der Waals surface area contributed by atoms with Crippen LogP contribution in [0.2, 0.25) is 0 Å². The second-order valence-corrected chi connectivity index (χ2v) is 6.73. The zero-order valence-corrected chi connectivity index (χ0v) is 14.4. The Kier molecular flexibility index (Phi) is 4.71. The molecule has 2 amide bonds. The summed E-state index contributed by atoms with van der Waals surface area (Å²) in [6, 6.07) is 15.6. The lowest BCUT2D eigenvalue weighted by molar-refractivity contribution is -0.118. The number of thioether (sulfide) groups is 1. The van der Waals surface area contributed by atoms with Gasteiger partial charge in [0.2, 0.25) is 5.91 Å². The molecule has 0 spiro atoms. The molecule has 24 heavy (non-hydrogen) atoms. The number of carbonyl (C=O) groups is 2. The number of hydrogen-bond donors (Lipinski definition) is 1. The fourth-order valence-corrected chi connectivity index (χ4v) is 3.61. The molecule has 0 atom stereocenters. The summed E-state index contributed by atoms with van der Waals surface area (Å²) in [5.74, 6) is -0.426. The second-order valence-electron chi connectivity index (χ2n) is 5.65. The van der Waals surface area contributed by atoms with E-state index in [2.05, 4.69) is 5.32 Å². The van der Waals surface area contributed by atoms with Crippen molar-refractivity contribution in [3.05, 3.63) is 70.6 Å². The first-order valence-corrected chi connectivity index (χ1v) is 8.46. The number of fused-ring (bicyclic) bond motifs is 1. The molecule has 0 aromatic heterocycles. The lowest BCUT2D eigenvalue weighted by atomic mass is 10.1. The van der Waals surface area contributed by atoms with Crippen LogP contribution in [0.15, 0.2) is 64.4 Å². The molecule has 2 aromatic carbocycles. The van der Waals surface area contributed by atoms with E-state index >= 15 is 0 Å². The number of nitrogens with one attached hydrogen (secondary N) is 1. The van der Waals surface area contributed by atoms with Gasteiger partial charge in [-0.1, -0.05) is 53.7 Å². The molecule has 1 aliphatic heterocycles. The fourth-order valence-electron chi connectivity index (χ4n) is 2.53. The smallest absolute Gasteiger partial charge is 0.265 e. The van der Waals surface area contributed by atoms with Gasteiger partial charge in [-0.15, -0.1) is 0 Å². The third-order valence-corrected chi connectivity index (χ3v) is 4.85. The van der Waals surface area contributed by atoms with Gasteiger partial charge in [0.25, 0.3) is 5.91 Å². The van der Waals surface area contributed by atoms with Crippen LogP contribution in [-0.2, 0) is 16.1 Å². The summed E-state index contributed by atoms with van der Waals surface area (Å²) in [5, 5.41) is 2.83. The highest BCUT2D eigenvalue weighted by Crippen LogP contribution is 2.40. The SMILES string of the molecule is Cc1cccc(CNC(=O)C=C2Sc3ccccc3N(C)C2=O)c1. The number of anilines is 1. The predicted octanol–water partition coefficient (Wildman–Crippen LogP) is 3.26. The first-order valence-electron chi connectivity index (χ1n) is 7.64. The van der Waals surface area contributed by atoms with Crippen molar-refractivity contribution in [1.29, 1.82) is 0 Å². The molecular weight excluding hydrogens is 320 g/mol. The topological polar surface area (TPSA) is 49.4 Å². The van der Waals surface area contributed by atoms with Crippen LogP contribution < -0.4 is 10.2 Å². The summed E-state index contributed by atoms with van der Waals surface area (Å²) in [4.78, 5) is 27.5. The van der Waals surface area contributed by atoms with E-state index < -0.39 is 0 Å². The van der Waals surface area contributed by atoms with Gasteiger partial charge in [0.05, 0.1) is 10.6 Å². The monoisotopic (exact) mass is 338 g/mol. The Morgan fingerprint density at radius 1 is 1.21 bits per heavy atom. The van der Waals surface area contributed by atoms with Crippen LogP contribution in [0.1, 0.15) is 11.1 Å². The van der Waals surface area contributed by atoms with Gasteiger partial charge in [-0.2, -0.15) is 0 Å². The molecule has 122 valence electrons. The van der Waals surface area contributed by atoms with E-state index in [4.69, 9.17) is 0 Å². The van der Waals surface area contributed by atoms with Gasteiger partial charge in [0.1, 0.15) is 0 Å². The summed E-state index contributed by atoms with van der Waals surface area (Å²) in [5.41, 5.74) is 3.05. The van der Waals surface area contributed by atoms with Crippen molar-refractivity contribution in [2.45, 2.75) is 18.4 Å². The van der Waals surface area contributed by atoms with E-state index in [1.165, 1.54) is 17.8 Å². The van der Waals surface area contributed by atoms with Gasteiger partial charge >= 0.3 is 0 Å². The van der Waals surface area contributed by atoms with E-state index in [1.54, 1.807) is 11.9 Å². The maximum Gasteiger partial charge on any atom is 0.265 e. The maximum absolute atomic E-state index is 12.4. The lowest BCUT2D eigenvalue weighted by Crippen LogP contribution is -2.31. The number of likely N-dealkylation sites (N-methyl/N-ethyl adjacent to an activating group) is 1. The van der Waals surface area contributed by atoms with Gasteiger partial charge < -0.3 is 10.2 Å². The van der Waals surface area contributed by atoms with Crippen LogP contribution in [0.5, 0.6) is 0 Å². The van der Waals surface area contributed by atoms with Crippen molar-refractivity contribution in [2.75, 3.05) is 11.9 Å². The lowest BCUT2D eigenvalue weighted by Gasteiger charge is -2.26. The number of nitrogens with zero attached hydrogens (tertiary/aromatic N) is 1. The summed E-state index contributed by atoms with van der Waals surface area (Å²) >= 11 is 1.33. The van der Waals surface area contributed by atoms with E-state index in [1.807, 2.05) is 55.5 Å². The molecule has 0 bridgehead atoms. The number of aryl methyl sites for hydroxylation is 1. The van der Waals surface area contributed by atoms with Crippen molar-refractivity contribution in [2.24, 2.45) is 0 Å². The highest BCUT2D eigenvalue weighted by atomic mass is 32.2. The Labute approximate surface area is 145 Å². The average Bonchev–Trinajstić information content (AvgIpc) is 2.58. The van der Waals surface area contributed by atoms with Crippen molar-refractivity contribution < 1.29 is 9.59 Å². The quantitative estimate of drug-likeness (QED) is 0.874. The van der Waals surface area contributed by atoms with Gasteiger partial charge in [-0.3, -0.25) is 9.59 Å². The molecule has 0 radical (unpaired) electrons. The largest absolute Gasteiger partial charge is 0.348 e. The molecule has 5 heteroatoms. The van der Waals surface area contributed by atoms with Crippen LogP contribution in [0.3, 0.4) is 0 Å². The van der Waals surface area contributed by atoms with Crippen LogP contribution in [-0.4, -0.2) is 18.9 Å². The fraction of sp³-hybridized carbons (Fsp3) is 0.158. The maximum atomic E-state index is 12.4. The Balaban J connectivity index is 1.71. The molecule has 1 aliphatic rings. The van der Waals surface area contributed by atoms with E-state index in [0.29, 0.717) is 11.4 Å². The van der Waals surface area contributed by atoms with E-state index in [0.717, 1.165) is 21.7 Å².